The van der Waals surface area contributed by atoms with Crippen molar-refractivity contribution in [2.24, 2.45) is 0 Å². The van der Waals surface area contributed by atoms with E-state index in [-0.39, 0.29) is 0 Å². The lowest BCUT2D eigenvalue weighted by molar-refractivity contribution is 0.306. The summed E-state index contributed by atoms with van der Waals surface area (Å²) in [5.41, 5.74) is 2.09. The van der Waals surface area contributed by atoms with Crippen LogP contribution in [0, 0.1) is 0 Å². The van der Waals surface area contributed by atoms with Gasteiger partial charge in [0.1, 0.15) is 0 Å². The SMILES string of the molecule is CNc1cccc(NC)c1OC1CC1. The van der Waals surface area contributed by atoms with E-state index in [1.807, 2.05) is 32.3 Å². The van der Waals surface area contributed by atoms with Crippen LogP contribution in [0.4, 0.5) is 11.4 Å². The maximum Gasteiger partial charge on any atom is 0.165 e. The van der Waals surface area contributed by atoms with Crippen LogP contribution < -0.4 is 15.4 Å². The largest absolute Gasteiger partial charge is 0.486 e. The van der Waals surface area contributed by atoms with E-state index in [1.54, 1.807) is 0 Å². The lowest BCUT2D eigenvalue weighted by atomic mass is 10.2. The molecule has 0 unspecified atom stereocenters. The van der Waals surface area contributed by atoms with Crippen molar-refractivity contribution in [1.82, 2.24) is 0 Å². The predicted octanol–water partition coefficient (Wildman–Crippen LogP) is 2.31. The van der Waals surface area contributed by atoms with E-state index < -0.39 is 0 Å². The molecule has 0 amide bonds. The molecule has 14 heavy (non-hydrogen) atoms. The fourth-order valence-electron chi connectivity index (χ4n) is 1.41. The molecule has 1 aromatic carbocycles. The summed E-state index contributed by atoms with van der Waals surface area (Å²) in [4.78, 5) is 0. The van der Waals surface area contributed by atoms with Crippen LogP contribution in [0.3, 0.4) is 0 Å². The first kappa shape index (κ1) is 9.19. The van der Waals surface area contributed by atoms with Crippen LogP contribution in [0.5, 0.6) is 5.75 Å². The molecule has 1 fully saturated rings. The summed E-state index contributed by atoms with van der Waals surface area (Å²) in [6.45, 7) is 0. The Balaban J connectivity index is 2.29. The molecule has 3 nitrogen and oxygen atoms in total. The number of rotatable bonds is 4. The number of nitrogens with one attached hydrogen (secondary N) is 2. The van der Waals surface area contributed by atoms with Crippen molar-refractivity contribution < 1.29 is 4.74 Å². The Hall–Kier alpha value is -1.38. The molecule has 1 aliphatic carbocycles. The summed E-state index contributed by atoms with van der Waals surface area (Å²) < 4.78 is 5.84. The van der Waals surface area contributed by atoms with Gasteiger partial charge in [0.2, 0.25) is 0 Å². The standard InChI is InChI=1S/C11H16N2O/c1-12-9-4-3-5-10(13-2)11(9)14-8-6-7-8/h3-5,8,12-13H,6-7H2,1-2H3. The van der Waals surface area contributed by atoms with Gasteiger partial charge in [-0.1, -0.05) is 6.07 Å². The molecular formula is C11H16N2O. The number of benzene rings is 1. The van der Waals surface area contributed by atoms with Gasteiger partial charge >= 0.3 is 0 Å². The molecule has 3 heteroatoms. The zero-order valence-corrected chi connectivity index (χ0v) is 8.63. The molecule has 0 atom stereocenters. The van der Waals surface area contributed by atoms with Gasteiger partial charge in [-0.15, -0.1) is 0 Å². The Morgan fingerprint density at radius 1 is 1.14 bits per heavy atom. The predicted molar refractivity (Wildman–Crippen MR) is 59.2 cm³/mol. The molecule has 0 bridgehead atoms. The van der Waals surface area contributed by atoms with Crippen molar-refractivity contribution in [2.45, 2.75) is 18.9 Å². The van der Waals surface area contributed by atoms with Crippen molar-refractivity contribution in [3.05, 3.63) is 18.2 Å². The number of hydrogen-bond donors (Lipinski definition) is 2. The van der Waals surface area contributed by atoms with E-state index in [2.05, 4.69) is 10.6 Å². The highest BCUT2D eigenvalue weighted by molar-refractivity contribution is 5.70. The lowest BCUT2D eigenvalue weighted by Crippen LogP contribution is -2.03. The van der Waals surface area contributed by atoms with Gasteiger partial charge in [0.05, 0.1) is 17.5 Å². The van der Waals surface area contributed by atoms with E-state index in [0.717, 1.165) is 17.1 Å². The van der Waals surface area contributed by atoms with Crippen LogP contribution in [-0.4, -0.2) is 20.2 Å². The van der Waals surface area contributed by atoms with Crippen LogP contribution in [0.1, 0.15) is 12.8 Å². The molecular weight excluding hydrogens is 176 g/mol. The third kappa shape index (κ3) is 1.76. The summed E-state index contributed by atoms with van der Waals surface area (Å²) >= 11 is 0. The van der Waals surface area contributed by atoms with Crippen LogP contribution in [0.25, 0.3) is 0 Å². The summed E-state index contributed by atoms with van der Waals surface area (Å²) in [7, 11) is 3.82. The van der Waals surface area contributed by atoms with Gasteiger partial charge < -0.3 is 15.4 Å². The molecule has 2 rings (SSSR count). The summed E-state index contributed by atoms with van der Waals surface area (Å²) in [5, 5.41) is 6.28. The van der Waals surface area contributed by atoms with Crippen molar-refractivity contribution in [3.63, 3.8) is 0 Å². The maximum absolute atomic E-state index is 5.84. The monoisotopic (exact) mass is 192 g/mol. The van der Waals surface area contributed by atoms with Gasteiger partial charge in [-0.25, -0.2) is 0 Å². The highest BCUT2D eigenvalue weighted by atomic mass is 16.5. The van der Waals surface area contributed by atoms with Crippen LogP contribution in [0.15, 0.2) is 18.2 Å². The van der Waals surface area contributed by atoms with Gasteiger partial charge in [-0.2, -0.15) is 0 Å². The third-order valence-electron chi connectivity index (χ3n) is 2.36. The minimum absolute atomic E-state index is 0.427. The lowest BCUT2D eigenvalue weighted by Gasteiger charge is -2.14. The first-order valence-electron chi connectivity index (χ1n) is 5.00. The number of ether oxygens (including phenoxy) is 1. The summed E-state index contributed by atoms with van der Waals surface area (Å²) in [5.74, 6) is 0.944. The van der Waals surface area contributed by atoms with Gasteiger partial charge in [0.15, 0.2) is 5.75 Å². The smallest absolute Gasteiger partial charge is 0.165 e. The average Bonchev–Trinajstić information content (AvgIpc) is 3.02. The Kier molecular flexibility index (Phi) is 2.48. The van der Waals surface area contributed by atoms with E-state index in [0.29, 0.717) is 6.10 Å². The quantitative estimate of drug-likeness (QED) is 0.768. The topological polar surface area (TPSA) is 33.3 Å². The van der Waals surface area contributed by atoms with Crippen molar-refractivity contribution in [3.8, 4) is 5.75 Å². The number of hydrogen-bond acceptors (Lipinski definition) is 3. The van der Waals surface area contributed by atoms with Gasteiger partial charge in [0, 0.05) is 14.1 Å². The fraction of sp³-hybridized carbons (Fsp3) is 0.455. The zero-order chi connectivity index (χ0) is 9.97. The van der Waals surface area contributed by atoms with Crippen LogP contribution in [-0.2, 0) is 0 Å². The molecule has 0 aromatic heterocycles. The molecule has 0 spiro atoms. The molecule has 1 aliphatic rings. The van der Waals surface area contributed by atoms with Gasteiger partial charge in [-0.3, -0.25) is 0 Å². The average molecular weight is 192 g/mol. The van der Waals surface area contributed by atoms with Crippen LogP contribution in [0.2, 0.25) is 0 Å². The highest BCUT2D eigenvalue weighted by Gasteiger charge is 2.25. The molecule has 1 aromatic rings. The summed E-state index contributed by atoms with van der Waals surface area (Å²) in [6.07, 6.45) is 2.79. The molecule has 1 saturated carbocycles. The number of anilines is 2. The molecule has 0 aliphatic heterocycles. The first-order chi connectivity index (χ1) is 6.85. The maximum atomic E-state index is 5.84. The number of para-hydroxylation sites is 1. The highest BCUT2D eigenvalue weighted by Crippen LogP contribution is 2.37. The molecule has 0 saturated heterocycles. The van der Waals surface area contributed by atoms with E-state index in [4.69, 9.17) is 4.74 Å². The Labute approximate surface area is 84.5 Å². The van der Waals surface area contributed by atoms with E-state index in [9.17, 15) is 0 Å². The van der Waals surface area contributed by atoms with Crippen molar-refractivity contribution in [2.75, 3.05) is 24.7 Å². The minimum Gasteiger partial charge on any atom is -0.486 e. The first-order valence-corrected chi connectivity index (χ1v) is 5.00. The van der Waals surface area contributed by atoms with Crippen LogP contribution >= 0.6 is 0 Å². The van der Waals surface area contributed by atoms with E-state index in [1.165, 1.54) is 12.8 Å². The second kappa shape index (κ2) is 3.78. The Morgan fingerprint density at radius 3 is 2.14 bits per heavy atom. The third-order valence-corrected chi connectivity index (χ3v) is 2.36. The molecule has 76 valence electrons. The van der Waals surface area contributed by atoms with E-state index >= 15 is 0 Å². The second-order valence-corrected chi connectivity index (χ2v) is 3.50. The Morgan fingerprint density at radius 2 is 1.71 bits per heavy atom. The molecule has 0 heterocycles. The molecule has 0 radical (unpaired) electrons. The normalized spacial score (nSPS) is 15.0. The molecule has 2 N–H and O–H groups in total. The fourth-order valence-corrected chi connectivity index (χ4v) is 1.41. The zero-order valence-electron chi connectivity index (χ0n) is 8.63. The van der Waals surface area contributed by atoms with Gasteiger partial charge in [0.25, 0.3) is 0 Å². The Bertz CT molecular complexity index is 299. The van der Waals surface area contributed by atoms with Crippen molar-refractivity contribution in [1.29, 1.82) is 0 Å². The minimum atomic E-state index is 0.427. The summed E-state index contributed by atoms with van der Waals surface area (Å²) in [6, 6.07) is 6.06. The van der Waals surface area contributed by atoms with Gasteiger partial charge in [-0.05, 0) is 25.0 Å². The van der Waals surface area contributed by atoms with Crippen molar-refractivity contribution >= 4 is 11.4 Å². The second-order valence-electron chi connectivity index (χ2n) is 3.50.